The minimum atomic E-state index is -0.307. The molecule has 38 heavy (non-hydrogen) atoms. The van der Waals surface area contributed by atoms with Gasteiger partial charge in [0.2, 0.25) is 0 Å². The molecule has 0 fully saturated rings. The Morgan fingerprint density at radius 2 is 1.66 bits per heavy atom. The molecule has 0 aliphatic heterocycles. The zero-order valence-electron chi connectivity index (χ0n) is 22.1. The first-order valence-electron chi connectivity index (χ1n) is 12.6. The zero-order valence-corrected chi connectivity index (χ0v) is 22.9. The number of nitrogens with one attached hydrogen (secondary N) is 2. The molecule has 1 heterocycles. The molecule has 1 amide bonds. The average molecular weight is 529 g/mol. The molecule has 4 rings (SSSR count). The minimum absolute atomic E-state index is 0.0870. The molecule has 3 aromatic carbocycles. The van der Waals surface area contributed by atoms with Crippen molar-refractivity contribution in [1.82, 2.24) is 20.2 Å². The molecule has 8 nitrogen and oxygen atoms in total. The lowest BCUT2D eigenvalue weighted by Crippen LogP contribution is -3.06. The lowest BCUT2D eigenvalue weighted by Gasteiger charge is -2.18. The van der Waals surface area contributed by atoms with E-state index < -0.39 is 0 Å². The quantitative estimate of drug-likeness (QED) is 0.187. The smallest absolute Gasteiger partial charge is 0.250 e. The van der Waals surface area contributed by atoms with Crippen LogP contribution in [0.15, 0.2) is 77.0 Å². The third-order valence-electron chi connectivity index (χ3n) is 6.24. The topological polar surface area (TPSA) is 99.7 Å². The van der Waals surface area contributed by atoms with Crippen LogP contribution < -0.4 is 15.4 Å². The highest BCUT2D eigenvalue weighted by molar-refractivity contribution is 7.99. The second-order valence-electron chi connectivity index (χ2n) is 8.99. The van der Waals surface area contributed by atoms with Crippen molar-refractivity contribution in [1.29, 1.82) is 0 Å². The molecule has 0 atom stereocenters. The maximum Gasteiger partial charge on any atom is 0.250 e. The van der Waals surface area contributed by atoms with Gasteiger partial charge in [0.05, 0.1) is 25.1 Å². The normalized spacial score (nSPS) is 11.4. The fourth-order valence-electron chi connectivity index (χ4n) is 4.03. The summed E-state index contributed by atoms with van der Waals surface area (Å²) in [6.07, 6.45) is 1.39. The molecule has 0 spiro atoms. The fourth-order valence-corrected chi connectivity index (χ4v) is 4.78. The van der Waals surface area contributed by atoms with Gasteiger partial charge < -0.3 is 10.0 Å². The van der Waals surface area contributed by atoms with E-state index in [0.717, 1.165) is 41.2 Å². The third-order valence-corrected chi connectivity index (χ3v) is 7.16. The Labute approximate surface area is 227 Å². The van der Waals surface area contributed by atoms with Crippen molar-refractivity contribution >= 4 is 29.6 Å². The van der Waals surface area contributed by atoms with E-state index in [4.69, 9.17) is 0 Å². The fraction of sp³-hybridized carbons (Fsp3) is 0.241. The number of rotatable bonds is 10. The number of hydrazone groups is 1. The zero-order chi connectivity index (χ0) is 27.1. The molecule has 0 aliphatic carbocycles. The number of carbonyl (C=O) groups is 1. The van der Waals surface area contributed by atoms with Gasteiger partial charge >= 0.3 is 0 Å². The summed E-state index contributed by atoms with van der Waals surface area (Å²) in [5, 5.41) is 25.9. The molecule has 196 valence electrons. The van der Waals surface area contributed by atoms with Crippen LogP contribution in [-0.4, -0.2) is 45.7 Å². The monoisotopic (exact) mass is 528 g/mol. The Morgan fingerprint density at radius 1 is 1.00 bits per heavy atom. The highest BCUT2D eigenvalue weighted by atomic mass is 32.2. The van der Waals surface area contributed by atoms with Crippen LogP contribution in [0.1, 0.15) is 30.5 Å². The van der Waals surface area contributed by atoms with E-state index in [1.807, 2.05) is 73.0 Å². The summed E-state index contributed by atoms with van der Waals surface area (Å²) in [5.74, 6) is 0.360. The molecule has 2 N–H and O–H groups in total. The van der Waals surface area contributed by atoms with E-state index in [9.17, 15) is 9.90 Å². The molecular formula is C29H32N6O2S. The van der Waals surface area contributed by atoms with E-state index in [2.05, 4.69) is 34.6 Å². The van der Waals surface area contributed by atoms with Crippen molar-refractivity contribution < 1.29 is 14.8 Å². The molecule has 0 saturated heterocycles. The van der Waals surface area contributed by atoms with Crippen LogP contribution in [0.4, 0.5) is 5.69 Å². The summed E-state index contributed by atoms with van der Waals surface area (Å²) in [7, 11) is 0. The number of nitrogens with zero attached hydrogens (tertiary/aromatic N) is 4. The van der Waals surface area contributed by atoms with E-state index in [-0.39, 0.29) is 17.4 Å². The maximum atomic E-state index is 12.5. The van der Waals surface area contributed by atoms with Crippen LogP contribution in [0.3, 0.4) is 0 Å². The lowest BCUT2D eigenvalue weighted by molar-refractivity contribution is -0.828. The van der Waals surface area contributed by atoms with Gasteiger partial charge in [-0.3, -0.25) is 9.36 Å². The van der Waals surface area contributed by atoms with Gasteiger partial charge in [-0.15, -0.1) is 10.2 Å². The molecule has 9 heteroatoms. The number of hydrogen-bond donors (Lipinski definition) is 2. The Bertz CT molecular complexity index is 1410. The molecule has 0 bridgehead atoms. The van der Waals surface area contributed by atoms with Crippen molar-refractivity contribution in [2.75, 3.05) is 18.8 Å². The summed E-state index contributed by atoms with van der Waals surface area (Å²) < 4.78 is 1.95. The summed E-state index contributed by atoms with van der Waals surface area (Å²) in [6, 6.07) is 21.5. The number of thioether (sulfide) groups is 1. The SMILES string of the molecule is CC[NH+](CC)c1ccc(C=NNC(=O)CSc2nnc(-c3ccc(C)cc3)n2-c2ccc(C)cc2)c([O-])c1. The van der Waals surface area contributed by atoms with E-state index in [1.54, 1.807) is 12.1 Å². The minimum Gasteiger partial charge on any atom is -0.872 e. The van der Waals surface area contributed by atoms with Gasteiger partial charge in [0.25, 0.3) is 5.91 Å². The Hall–Kier alpha value is -3.95. The Kier molecular flexibility index (Phi) is 8.93. The molecule has 1 aromatic heterocycles. The Morgan fingerprint density at radius 3 is 2.29 bits per heavy atom. The van der Waals surface area contributed by atoms with E-state index >= 15 is 0 Å². The number of quaternary nitrogens is 1. The first-order chi connectivity index (χ1) is 18.4. The van der Waals surface area contributed by atoms with Crippen LogP contribution in [0.25, 0.3) is 17.1 Å². The van der Waals surface area contributed by atoms with Crippen molar-refractivity contribution in [2.24, 2.45) is 5.10 Å². The first kappa shape index (κ1) is 27.1. The largest absolute Gasteiger partial charge is 0.872 e. The average Bonchev–Trinajstić information content (AvgIpc) is 3.34. The standard InChI is InChI=1S/C29H32N6O2S/c1-5-34(6-2)25-16-13-23(26(36)17-25)18-30-31-27(37)19-38-29-33-32-28(22-11-7-20(3)8-12-22)35(29)24-14-9-21(4)10-15-24/h7-18,36H,5-6,19H2,1-4H3,(H,31,37). The highest BCUT2D eigenvalue weighted by Gasteiger charge is 2.17. The van der Waals surface area contributed by atoms with Gasteiger partial charge in [0.1, 0.15) is 5.69 Å². The van der Waals surface area contributed by atoms with Gasteiger partial charge in [-0.25, -0.2) is 5.43 Å². The molecular weight excluding hydrogens is 496 g/mol. The van der Waals surface area contributed by atoms with Crippen LogP contribution in [0.5, 0.6) is 5.75 Å². The predicted molar refractivity (Wildman–Crippen MR) is 150 cm³/mol. The van der Waals surface area contributed by atoms with E-state index in [0.29, 0.717) is 16.5 Å². The van der Waals surface area contributed by atoms with Gasteiger partial charge in [-0.2, -0.15) is 5.10 Å². The molecule has 0 unspecified atom stereocenters. The van der Waals surface area contributed by atoms with Crippen LogP contribution in [0, 0.1) is 13.8 Å². The number of aromatic nitrogens is 3. The summed E-state index contributed by atoms with van der Waals surface area (Å²) in [5.41, 5.74) is 8.05. The predicted octanol–water partition coefficient (Wildman–Crippen LogP) is 3.42. The first-order valence-corrected chi connectivity index (χ1v) is 13.6. The number of benzene rings is 3. The molecule has 0 aliphatic rings. The van der Waals surface area contributed by atoms with Crippen LogP contribution in [-0.2, 0) is 4.79 Å². The number of hydrogen-bond acceptors (Lipinski definition) is 6. The van der Waals surface area contributed by atoms with Crippen molar-refractivity contribution in [3.63, 3.8) is 0 Å². The van der Waals surface area contributed by atoms with Gasteiger partial charge in [0.15, 0.2) is 11.0 Å². The summed E-state index contributed by atoms with van der Waals surface area (Å²) in [4.78, 5) is 13.8. The number of aryl methyl sites for hydroxylation is 2. The van der Waals surface area contributed by atoms with Gasteiger partial charge in [-0.1, -0.05) is 65.0 Å². The third kappa shape index (κ3) is 6.48. The van der Waals surface area contributed by atoms with Crippen LogP contribution in [0.2, 0.25) is 0 Å². The van der Waals surface area contributed by atoms with Gasteiger partial charge in [0, 0.05) is 11.3 Å². The number of carbonyl (C=O) groups excluding carboxylic acids is 1. The number of amides is 1. The van der Waals surface area contributed by atoms with Crippen molar-refractivity contribution in [2.45, 2.75) is 32.9 Å². The second kappa shape index (κ2) is 12.5. The highest BCUT2D eigenvalue weighted by Crippen LogP contribution is 2.28. The molecule has 0 saturated carbocycles. The Balaban J connectivity index is 1.46. The van der Waals surface area contributed by atoms with Crippen molar-refractivity contribution in [3.05, 3.63) is 83.4 Å². The summed E-state index contributed by atoms with van der Waals surface area (Å²) >= 11 is 1.27. The van der Waals surface area contributed by atoms with Gasteiger partial charge in [-0.05, 0) is 63.6 Å². The lowest BCUT2D eigenvalue weighted by atomic mass is 10.1. The van der Waals surface area contributed by atoms with Crippen LogP contribution >= 0.6 is 11.8 Å². The maximum absolute atomic E-state index is 12.5. The molecule has 0 radical (unpaired) electrons. The van der Waals surface area contributed by atoms with Crippen molar-refractivity contribution in [3.8, 4) is 22.8 Å². The second-order valence-corrected chi connectivity index (χ2v) is 9.93. The molecule has 4 aromatic rings. The summed E-state index contributed by atoms with van der Waals surface area (Å²) in [6.45, 7) is 10.0. The van der Waals surface area contributed by atoms with E-state index in [1.165, 1.54) is 22.9 Å².